The van der Waals surface area contributed by atoms with Crippen molar-refractivity contribution in [2.24, 2.45) is 0 Å². The summed E-state index contributed by atoms with van der Waals surface area (Å²) in [5.41, 5.74) is 0.0870. The number of phenols is 1. The van der Waals surface area contributed by atoms with Crippen LogP contribution in [-0.4, -0.2) is 13.5 Å². The Balaban J connectivity index is 2.33. The highest BCUT2D eigenvalue weighted by molar-refractivity contribution is 9.11. The van der Waals surface area contributed by atoms with E-state index in [2.05, 4.69) is 20.7 Å². The minimum atomic E-state index is -3.69. The van der Waals surface area contributed by atoms with Gasteiger partial charge in [-0.15, -0.1) is 11.3 Å². The van der Waals surface area contributed by atoms with Crippen LogP contribution in [0.1, 0.15) is 0 Å². The zero-order valence-electron chi connectivity index (χ0n) is 8.72. The van der Waals surface area contributed by atoms with Gasteiger partial charge in [0.15, 0.2) is 0 Å². The summed E-state index contributed by atoms with van der Waals surface area (Å²) in [6.45, 7) is 0. The average molecular weight is 369 g/mol. The Labute approximate surface area is 121 Å². The minimum absolute atomic E-state index is 0.0870. The standard InChI is InChI=1S/C10H7BrClNO3S2/c11-9-3-4-10(17-9)18(15,16)13-7-2-1-6(12)5-8(7)14/h1-5,13-14H. The van der Waals surface area contributed by atoms with E-state index < -0.39 is 10.0 Å². The molecule has 18 heavy (non-hydrogen) atoms. The molecule has 2 N–H and O–H groups in total. The molecular weight excluding hydrogens is 362 g/mol. The van der Waals surface area contributed by atoms with Crippen molar-refractivity contribution in [2.45, 2.75) is 4.21 Å². The Hall–Kier alpha value is -0.760. The van der Waals surface area contributed by atoms with E-state index in [0.717, 1.165) is 11.3 Å². The van der Waals surface area contributed by atoms with Gasteiger partial charge < -0.3 is 5.11 Å². The van der Waals surface area contributed by atoms with Crippen molar-refractivity contribution in [3.63, 3.8) is 0 Å². The average Bonchev–Trinajstić information content (AvgIpc) is 2.70. The van der Waals surface area contributed by atoms with Gasteiger partial charge in [0.1, 0.15) is 9.96 Å². The van der Waals surface area contributed by atoms with Crippen molar-refractivity contribution in [1.29, 1.82) is 0 Å². The number of halogens is 2. The van der Waals surface area contributed by atoms with Crippen molar-refractivity contribution in [3.8, 4) is 5.75 Å². The Morgan fingerprint density at radius 1 is 1.28 bits per heavy atom. The third-order valence-corrected chi connectivity index (χ3v) is 5.73. The van der Waals surface area contributed by atoms with E-state index in [4.69, 9.17) is 11.6 Å². The first-order valence-corrected chi connectivity index (χ1v) is 8.12. The molecule has 0 spiro atoms. The lowest BCUT2D eigenvalue weighted by Gasteiger charge is -2.08. The van der Waals surface area contributed by atoms with Crippen molar-refractivity contribution in [1.82, 2.24) is 0 Å². The Morgan fingerprint density at radius 2 is 2.00 bits per heavy atom. The van der Waals surface area contributed by atoms with Crippen molar-refractivity contribution < 1.29 is 13.5 Å². The van der Waals surface area contributed by atoms with Crippen LogP contribution in [-0.2, 0) is 10.0 Å². The van der Waals surface area contributed by atoms with Crippen LogP contribution < -0.4 is 4.72 Å². The molecule has 0 radical (unpaired) electrons. The first kappa shape index (κ1) is 13.7. The molecule has 0 aliphatic rings. The Kier molecular flexibility index (Phi) is 3.86. The highest BCUT2D eigenvalue weighted by atomic mass is 79.9. The topological polar surface area (TPSA) is 66.4 Å². The third kappa shape index (κ3) is 2.97. The molecule has 1 aromatic heterocycles. The van der Waals surface area contributed by atoms with E-state index in [0.29, 0.717) is 8.81 Å². The lowest BCUT2D eigenvalue weighted by atomic mass is 10.3. The van der Waals surface area contributed by atoms with Gasteiger partial charge in [0, 0.05) is 11.1 Å². The maximum Gasteiger partial charge on any atom is 0.271 e. The first-order chi connectivity index (χ1) is 8.38. The van der Waals surface area contributed by atoms with E-state index in [9.17, 15) is 13.5 Å². The van der Waals surface area contributed by atoms with Gasteiger partial charge in [0.05, 0.1) is 9.47 Å². The summed E-state index contributed by atoms with van der Waals surface area (Å²) in [6, 6.07) is 7.27. The molecule has 96 valence electrons. The Morgan fingerprint density at radius 3 is 2.56 bits per heavy atom. The van der Waals surface area contributed by atoms with Crippen LogP contribution in [0.25, 0.3) is 0 Å². The fourth-order valence-corrected chi connectivity index (χ4v) is 4.48. The molecule has 0 amide bonds. The number of nitrogens with one attached hydrogen (secondary N) is 1. The highest BCUT2D eigenvalue weighted by Crippen LogP contribution is 2.31. The highest BCUT2D eigenvalue weighted by Gasteiger charge is 2.18. The second-order valence-electron chi connectivity index (χ2n) is 3.33. The zero-order valence-corrected chi connectivity index (χ0v) is 12.7. The molecular formula is C10H7BrClNO3S2. The number of aromatic hydroxyl groups is 1. The van der Waals surface area contributed by atoms with Crippen LogP contribution in [0.4, 0.5) is 5.69 Å². The van der Waals surface area contributed by atoms with E-state index in [-0.39, 0.29) is 15.6 Å². The molecule has 0 unspecified atom stereocenters. The summed E-state index contributed by atoms with van der Waals surface area (Å²) in [7, 11) is -3.69. The summed E-state index contributed by atoms with van der Waals surface area (Å²) in [4.78, 5) is 0. The summed E-state index contributed by atoms with van der Waals surface area (Å²) in [5.74, 6) is -0.221. The summed E-state index contributed by atoms with van der Waals surface area (Å²) >= 11 is 9.94. The molecule has 0 atom stereocenters. The van der Waals surface area contributed by atoms with E-state index in [1.165, 1.54) is 24.3 Å². The zero-order chi connectivity index (χ0) is 13.3. The first-order valence-electron chi connectivity index (χ1n) is 4.65. The van der Waals surface area contributed by atoms with Gasteiger partial charge in [0.2, 0.25) is 0 Å². The molecule has 0 aliphatic carbocycles. The maximum absolute atomic E-state index is 12.0. The van der Waals surface area contributed by atoms with Crippen LogP contribution in [0.15, 0.2) is 38.3 Å². The van der Waals surface area contributed by atoms with Gasteiger partial charge in [-0.2, -0.15) is 0 Å². The molecule has 4 nitrogen and oxygen atoms in total. The quantitative estimate of drug-likeness (QED) is 0.812. The van der Waals surface area contributed by atoms with Crippen LogP contribution in [0.2, 0.25) is 5.02 Å². The monoisotopic (exact) mass is 367 g/mol. The molecule has 0 saturated carbocycles. The molecule has 2 aromatic rings. The molecule has 0 aliphatic heterocycles. The van der Waals surface area contributed by atoms with Crippen LogP contribution in [0.3, 0.4) is 0 Å². The lowest BCUT2D eigenvalue weighted by Crippen LogP contribution is -2.11. The normalized spacial score (nSPS) is 11.4. The van der Waals surface area contributed by atoms with Crippen molar-refractivity contribution in [2.75, 3.05) is 4.72 Å². The van der Waals surface area contributed by atoms with Gasteiger partial charge in [-0.1, -0.05) is 11.6 Å². The summed E-state index contributed by atoms with van der Waals surface area (Å²) in [6.07, 6.45) is 0. The molecule has 1 heterocycles. The van der Waals surface area contributed by atoms with Crippen molar-refractivity contribution in [3.05, 3.63) is 39.1 Å². The fraction of sp³-hybridized carbons (Fsp3) is 0. The SMILES string of the molecule is O=S(=O)(Nc1ccc(Cl)cc1O)c1ccc(Br)s1. The fourth-order valence-electron chi connectivity index (χ4n) is 1.23. The van der Waals surface area contributed by atoms with Gasteiger partial charge in [0.25, 0.3) is 10.0 Å². The summed E-state index contributed by atoms with van der Waals surface area (Å²) < 4.78 is 27.1. The van der Waals surface area contributed by atoms with Crippen LogP contribution in [0.5, 0.6) is 5.75 Å². The largest absolute Gasteiger partial charge is 0.506 e. The van der Waals surface area contributed by atoms with Crippen LogP contribution in [0, 0.1) is 0 Å². The minimum Gasteiger partial charge on any atom is -0.506 e. The molecule has 1 aromatic carbocycles. The molecule has 0 bridgehead atoms. The number of phenolic OH excluding ortho intramolecular Hbond substituents is 1. The second-order valence-corrected chi connectivity index (χ2v) is 8.13. The van der Waals surface area contributed by atoms with Gasteiger partial charge in [-0.25, -0.2) is 8.42 Å². The number of sulfonamides is 1. The number of hydrogen-bond acceptors (Lipinski definition) is 4. The number of hydrogen-bond donors (Lipinski definition) is 2. The second kappa shape index (κ2) is 5.08. The third-order valence-electron chi connectivity index (χ3n) is 2.02. The lowest BCUT2D eigenvalue weighted by molar-refractivity contribution is 0.477. The van der Waals surface area contributed by atoms with Gasteiger partial charge in [-0.3, -0.25) is 4.72 Å². The summed E-state index contributed by atoms with van der Waals surface area (Å²) in [5, 5.41) is 9.92. The van der Waals surface area contributed by atoms with E-state index in [1.54, 1.807) is 6.07 Å². The number of benzene rings is 1. The van der Waals surface area contributed by atoms with Crippen molar-refractivity contribution >= 4 is 54.6 Å². The molecule has 0 saturated heterocycles. The van der Waals surface area contributed by atoms with Gasteiger partial charge >= 0.3 is 0 Å². The predicted octanol–water partition coefficient (Wildman–Crippen LogP) is 3.67. The molecule has 2 rings (SSSR count). The number of anilines is 1. The van der Waals surface area contributed by atoms with Gasteiger partial charge in [-0.05, 0) is 40.2 Å². The molecule has 0 fully saturated rings. The number of rotatable bonds is 3. The predicted molar refractivity (Wildman–Crippen MR) is 75.9 cm³/mol. The smallest absolute Gasteiger partial charge is 0.271 e. The Bertz CT molecular complexity index is 684. The number of thiophene rings is 1. The van der Waals surface area contributed by atoms with Crippen LogP contribution >= 0.6 is 38.9 Å². The van der Waals surface area contributed by atoms with E-state index >= 15 is 0 Å². The van der Waals surface area contributed by atoms with E-state index in [1.807, 2.05) is 0 Å². The maximum atomic E-state index is 12.0. The molecule has 8 heteroatoms.